The van der Waals surface area contributed by atoms with E-state index in [2.05, 4.69) is 17.1 Å². The third-order valence-electron chi connectivity index (χ3n) is 3.77. The van der Waals surface area contributed by atoms with Crippen molar-refractivity contribution in [2.45, 2.75) is 13.5 Å². The van der Waals surface area contributed by atoms with Crippen LogP contribution in [-0.2, 0) is 6.61 Å². The number of benzene rings is 2. The Labute approximate surface area is 140 Å². The zero-order chi connectivity index (χ0) is 16.9. The van der Waals surface area contributed by atoms with Gasteiger partial charge in [0.05, 0.1) is 22.9 Å². The fourth-order valence-corrected chi connectivity index (χ4v) is 2.49. The van der Waals surface area contributed by atoms with Crippen LogP contribution in [0.15, 0.2) is 54.6 Å². The fraction of sp³-hybridized carbons (Fsp3) is 0.100. The van der Waals surface area contributed by atoms with Crippen LogP contribution in [0.2, 0.25) is 0 Å². The van der Waals surface area contributed by atoms with Gasteiger partial charge in [-0.1, -0.05) is 30.3 Å². The summed E-state index contributed by atoms with van der Waals surface area (Å²) in [6.45, 7) is 2.28. The Kier molecular flexibility index (Phi) is 4.32. The van der Waals surface area contributed by atoms with Gasteiger partial charge in [-0.25, -0.2) is 0 Å². The van der Waals surface area contributed by atoms with Gasteiger partial charge in [0, 0.05) is 11.3 Å². The van der Waals surface area contributed by atoms with Crippen molar-refractivity contribution in [2.24, 2.45) is 0 Å². The maximum atomic E-state index is 9.16. The molecular weight excluding hydrogens is 298 g/mol. The molecule has 0 saturated carbocycles. The topological polar surface area (TPSA) is 72.6 Å². The Morgan fingerprint density at radius 1 is 1.00 bits per heavy atom. The number of H-pyrrole nitrogens is 1. The highest BCUT2D eigenvalue weighted by atomic mass is 16.5. The van der Waals surface area contributed by atoms with Gasteiger partial charge >= 0.3 is 0 Å². The fourth-order valence-electron chi connectivity index (χ4n) is 2.49. The van der Waals surface area contributed by atoms with Crippen molar-refractivity contribution in [3.63, 3.8) is 0 Å². The van der Waals surface area contributed by atoms with Crippen LogP contribution in [0, 0.1) is 29.6 Å². The van der Waals surface area contributed by atoms with Gasteiger partial charge in [-0.2, -0.15) is 10.5 Å². The third kappa shape index (κ3) is 3.14. The summed E-state index contributed by atoms with van der Waals surface area (Å²) in [6, 6.07) is 21.2. The van der Waals surface area contributed by atoms with Crippen molar-refractivity contribution < 1.29 is 4.74 Å². The molecule has 0 saturated heterocycles. The first-order chi connectivity index (χ1) is 11.7. The molecule has 3 aromatic rings. The minimum Gasteiger partial charge on any atom is -0.488 e. The Morgan fingerprint density at radius 2 is 1.79 bits per heavy atom. The summed E-state index contributed by atoms with van der Waals surface area (Å²) < 4.78 is 5.95. The van der Waals surface area contributed by atoms with Crippen LogP contribution in [0.3, 0.4) is 0 Å². The number of aromatic amines is 1. The quantitative estimate of drug-likeness (QED) is 0.780. The third-order valence-corrected chi connectivity index (χ3v) is 3.77. The molecule has 116 valence electrons. The summed E-state index contributed by atoms with van der Waals surface area (Å²) in [5, 5.41) is 18.3. The molecule has 0 aliphatic carbocycles. The first-order valence-electron chi connectivity index (χ1n) is 7.52. The van der Waals surface area contributed by atoms with E-state index >= 15 is 0 Å². The highest BCUT2D eigenvalue weighted by molar-refractivity contribution is 5.71. The summed E-state index contributed by atoms with van der Waals surface area (Å²) in [5.41, 5.74) is 4.53. The van der Waals surface area contributed by atoms with Gasteiger partial charge in [-0.05, 0) is 36.8 Å². The summed E-state index contributed by atoms with van der Waals surface area (Å²) in [7, 11) is 0. The molecule has 0 atom stereocenters. The van der Waals surface area contributed by atoms with Crippen LogP contribution < -0.4 is 4.74 Å². The van der Waals surface area contributed by atoms with Crippen molar-refractivity contribution in [1.29, 1.82) is 10.5 Å². The molecule has 4 heteroatoms. The molecule has 0 aliphatic rings. The van der Waals surface area contributed by atoms with Crippen molar-refractivity contribution in [3.8, 4) is 29.1 Å². The molecule has 1 heterocycles. The average Bonchev–Trinajstić information content (AvgIpc) is 3.01. The lowest BCUT2D eigenvalue weighted by Crippen LogP contribution is -1.97. The van der Waals surface area contributed by atoms with Gasteiger partial charge in [0.1, 0.15) is 18.4 Å². The zero-order valence-corrected chi connectivity index (χ0v) is 13.2. The first kappa shape index (κ1) is 15.4. The van der Waals surface area contributed by atoms with Crippen molar-refractivity contribution in [1.82, 2.24) is 4.98 Å². The molecule has 0 radical (unpaired) electrons. The Bertz CT molecular complexity index is 943. The SMILES string of the molecule is Cc1[nH]c(-c2cc(C#N)ccc2OCc2ccccc2)cc1C#N. The summed E-state index contributed by atoms with van der Waals surface area (Å²) in [5.74, 6) is 0.670. The number of ether oxygens (including phenoxy) is 1. The van der Waals surface area contributed by atoms with Crippen LogP contribution >= 0.6 is 0 Å². The molecule has 3 rings (SSSR count). The van der Waals surface area contributed by atoms with Crippen molar-refractivity contribution in [3.05, 3.63) is 77.0 Å². The summed E-state index contributed by atoms with van der Waals surface area (Å²) in [4.78, 5) is 3.19. The smallest absolute Gasteiger partial charge is 0.129 e. The molecule has 0 aliphatic heterocycles. The van der Waals surface area contributed by atoms with E-state index in [0.29, 0.717) is 23.5 Å². The van der Waals surface area contributed by atoms with Gasteiger partial charge in [-0.15, -0.1) is 0 Å². The molecule has 0 amide bonds. The maximum Gasteiger partial charge on any atom is 0.129 e. The van der Waals surface area contributed by atoms with E-state index in [0.717, 1.165) is 22.5 Å². The molecule has 1 N–H and O–H groups in total. The van der Waals surface area contributed by atoms with Gasteiger partial charge in [0.25, 0.3) is 0 Å². The number of hydrogen-bond acceptors (Lipinski definition) is 3. The van der Waals surface area contributed by atoms with Gasteiger partial charge in [0.15, 0.2) is 0 Å². The van der Waals surface area contributed by atoms with Gasteiger partial charge in [-0.3, -0.25) is 0 Å². The van der Waals surface area contributed by atoms with Crippen LogP contribution in [0.25, 0.3) is 11.3 Å². The van der Waals surface area contributed by atoms with Crippen LogP contribution in [0.5, 0.6) is 5.75 Å². The molecule has 2 aromatic carbocycles. The van der Waals surface area contributed by atoms with E-state index in [1.807, 2.05) is 37.3 Å². The lowest BCUT2D eigenvalue weighted by Gasteiger charge is -2.11. The molecule has 4 nitrogen and oxygen atoms in total. The first-order valence-corrected chi connectivity index (χ1v) is 7.52. The lowest BCUT2D eigenvalue weighted by atomic mass is 10.1. The maximum absolute atomic E-state index is 9.16. The number of nitrogens with one attached hydrogen (secondary N) is 1. The van der Waals surface area contributed by atoms with E-state index < -0.39 is 0 Å². The number of aryl methyl sites for hydroxylation is 1. The van der Waals surface area contributed by atoms with E-state index in [1.165, 1.54) is 0 Å². The number of nitriles is 2. The van der Waals surface area contributed by atoms with E-state index in [-0.39, 0.29) is 0 Å². The van der Waals surface area contributed by atoms with Crippen LogP contribution in [0.1, 0.15) is 22.4 Å². The van der Waals surface area contributed by atoms with Crippen LogP contribution in [0.4, 0.5) is 0 Å². The highest BCUT2D eigenvalue weighted by Gasteiger charge is 2.12. The van der Waals surface area contributed by atoms with E-state index in [9.17, 15) is 0 Å². The lowest BCUT2D eigenvalue weighted by molar-refractivity contribution is 0.307. The minimum atomic E-state index is 0.435. The predicted octanol–water partition coefficient (Wildman–Crippen LogP) is 4.31. The van der Waals surface area contributed by atoms with Crippen molar-refractivity contribution in [2.75, 3.05) is 0 Å². The van der Waals surface area contributed by atoms with Crippen molar-refractivity contribution >= 4 is 0 Å². The molecule has 24 heavy (non-hydrogen) atoms. The molecule has 1 aromatic heterocycles. The predicted molar refractivity (Wildman–Crippen MR) is 91.2 cm³/mol. The molecule has 0 fully saturated rings. The normalized spacial score (nSPS) is 9.96. The number of nitrogens with zero attached hydrogens (tertiary/aromatic N) is 2. The zero-order valence-electron chi connectivity index (χ0n) is 13.2. The molecule has 0 bridgehead atoms. The highest BCUT2D eigenvalue weighted by Crippen LogP contribution is 2.32. The standard InChI is InChI=1S/C20H15N3O/c1-14-17(12-22)10-19(23-14)18-9-16(11-21)7-8-20(18)24-13-15-5-3-2-4-6-15/h2-10,23H,13H2,1H3. The molecular formula is C20H15N3O. The summed E-state index contributed by atoms with van der Waals surface area (Å²) in [6.07, 6.45) is 0. The second-order valence-electron chi connectivity index (χ2n) is 5.43. The monoisotopic (exact) mass is 313 g/mol. The van der Waals surface area contributed by atoms with E-state index in [4.69, 9.17) is 15.3 Å². The second-order valence-corrected chi connectivity index (χ2v) is 5.43. The number of rotatable bonds is 4. The summed E-state index contributed by atoms with van der Waals surface area (Å²) >= 11 is 0. The number of aromatic nitrogens is 1. The molecule has 0 unspecified atom stereocenters. The Morgan fingerprint density at radius 3 is 2.46 bits per heavy atom. The Balaban J connectivity index is 1.97. The Hall–Kier alpha value is -3.50. The van der Waals surface area contributed by atoms with E-state index in [1.54, 1.807) is 24.3 Å². The number of hydrogen-bond donors (Lipinski definition) is 1. The molecule has 0 spiro atoms. The van der Waals surface area contributed by atoms with Gasteiger partial charge in [0.2, 0.25) is 0 Å². The van der Waals surface area contributed by atoms with Crippen LogP contribution in [-0.4, -0.2) is 4.98 Å². The second kappa shape index (κ2) is 6.73. The largest absolute Gasteiger partial charge is 0.488 e. The minimum absolute atomic E-state index is 0.435. The van der Waals surface area contributed by atoms with Gasteiger partial charge < -0.3 is 9.72 Å². The average molecular weight is 313 g/mol.